The Morgan fingerprint density at radius 2 is 2.31 bits per heavy atom. The van der Waals surface area contributed by atoms with Crippen molar-refractivity contribution in [3.05, 3.63) is 12.2 Å². The van der Waals surface area contributed by atoms with Gasteiger partial charge in [-0.05, 0) is 13.3 Å². The summed E-state index contributed by atoms with van der Waals surface area (Å²) in [6.07, 6.45) is 4.38. The molecule has 2 aliphatic heterocycles. The standard InChI is InChI=1S/C10H13ClO2/c1-3-10(2)7-5-4-6(13-7)8(11)9(10)12/h4-8H,3H2,1-2H3. The molecule has 0 N–H and O–H groups in total. The van der Waals surface area contributed by atoms with Crippen LogP contribution in [0.3, 0.4) is 0 Å². The molecule has 0 saturated carbocycles. The summed E-state index contributed by atoms with van der Waals surface area (Å²) in [7, 11) is 0. The van der Waals surface area contributed by atoms with Crippen molar-refractivity contribution >= 4 is 17.4 Å². The molecule has 2 aliphatic rings. The molecule has 2 nitrogen and oxygen atoms in total. The first-order valence-electron chi connectivity index (χ1n) is 4.62. The molecule has 0 aromatic rings. The maximum absolute atomic E-state index is 11.9. The second-order valence-corrected chi connectivity index (χ2v) is 4.41. The quantitative estimate of drug-likeness (QED) is 0.478. The molecule has 4 unspecified atom stereocenters. The Kier molecular flexibility index (Phi) is 2.00. The number of ether oxygens (including phenoxy) is 1. The number of ketones is 1. The molecule has 2 rings (SSSR count). The van der Waals surface area contributed by atoms with Crippen LogP contribution in [0.15, 0.2) is 12.2 Å². The van der Waals surface area contributed by atoms with Gasteiger partial charge in [0.25, 0.3) is 0 Å². The van der Waals surface area contributed by atoms with E-state index in [1.165, 1.54) is 0 Å². The number of carbonyl (C=O) groups excluding carboxylic acids is 1. The molecule has 0 aromatic heterocycles. The average Bonchev–Trinajstić information content (AvgIpc) is 2.59. The molecule has 13 heavy (non-hydrogen) atoms. The van der Waals surface area contributed by atoms with E-state index in [0.29, 0.717) is 0 Å². The van der Waals surface area contributed by atoms with Crippen molar-refractivity contribution in [2.45, 2.75) is 37.9 Å². The predicted molar refractivity (Wildman–Crippen MR) is 50.8 cm³/mol. The van der Waals surface area contributed by atoms with Crippen LogP contribution in [0.4, 0.5) is 0 Å². The number of hydrogen-bond donors (Lipinski definition) is 0. The fourth-order valence-electron chi connectivity index (χ4n) is 1.98. The SMILES string of the molecule is CCC1(C)C(=O)C(Cl)C2C=CC1O2. The molecule has 2 bridgehead atoms. The molecule has 2 heterocycles. The van der Waals surface area contributed by atoms with E-state index in [1.807, 2.05) is 26.0 Å². The molecule has 3 heteroatoms. The van der Waals surface area contributed by atoms with Crippen LogP contribution in [-0.4, -0.2) is 23.4 Å². The van der Waals surface area contributed by atoms with Crippen molar-refractivity contribution in [2.75, 3.05) is 0 Å². The van der Waals surface area contributed by atoms with Crippen molar-refractivity contribution < 1.29 is 9.53 Å². The first-order chi connectivity index (χ1) is 6.09. The number of Topliss-reactive ketones (excluding diaryl/α,β-unsaturated/α-hetero) is 1. The van der Waals surface area contributed by atoms with Crippen LogP contribution in [-0.2, 0) is 9.53 Å². The third-order valence-electron chi connectivity index (χ3n) is 3.24. The number of fused-ring (bicyclic) bond motifs is 2. The topological polar surface area (TPSA) is 26.3 Å². The normalized spacial score (nSPS) is 48.5. The number of halogens is 1. The minimum Gasteiger partial charge on any atom is -0.364 e. The van der Waals surface area contributed by atoms with Crippen molar-refractivity contribution in [1.29, 1.82) is 0 Å². The van der Waals surface area contributed by atoms with Crippen molar-refractivity contribution in [3.63, 3.8) is 0 Å². The monoisotopic (exact) mass is 200 g/mol. The summed E-state index contributed by atoms with van der Waals surface area (Å²) in [5, 5.41) is -0.500. The maximum atomic E-state index is 11.9. The molecule has 0 aromatic carbocycles. The summed E-state index contributed by atoms with van der Waals surface area (Å²) in [5.74, 6) is 0.128. The first kappa shape index (κ1) is 9.22. The zero-order valence-electron chi connectivity index (χ0n) is 7.79. The Bertz CT molecular complexity index is 274. The Morgan fingerprint density at radius 3 is 2.92 bits per heavy atom. The largest absolute Gasteiger partial charge is 0.364 e. The Hall–Kier alpha value is -0.340. The highest BCUT2D eigenvalue weighted by atomic mass is 35.5. The van der Waals surface area contributed by atoms with Crippen molar-refractivity contribution in [2.24, 2.45) is 5.41 Å². The van der Waals surface area contributed by atoms with E-state index in [-0.39, 0.29) is 18.0 Å². The van der Waals surface area contributed by atoms with E-state index in [9.17, 15) is 4.79 Å². The highest BCUT2D eigenvalue weighted by Gasteiger charge is 2.52. The maximum Gasteiger partial charge on any atom is 0.162 e. The van der Waals surface area contributed by atoms with Gasteiger partial charge in [0.1, 0.15) is 5.38 Å². The van der Waals surface area contributed by atoms with Gasteiger partial charge in [0.2, 0.25) is 0 Å². The number of alkyl halides is 1. The molecule has 0 aliphatic carbocycles. The van der Waals surface area contributed by atoms with Gasteiger partial charge in [0.15, 0.2) is 5.78 Å². The Labute approximate surface area is 82.9 Å². The lowest BCUT2D eigenvalue weighted by Gasteiger charge is -2.39. The second-order valence-electron chi connectivity index (χ2n) is 3.94. The van der Waals surface area contributed by atoms with E-state index in [1.54, 1.807) is 0 Å². The van der Waals surface area contributed by atoms with Crippen LogP contribution in [0, 0.1) is 5.41 Å². The van der Waals surface area contributed by atoms with Crippen LogP contribution in [0.1, 0.15) is 20.3 Å². The molecule has 4 atom stereocenters. The van der Waals surface area contributed by atoms with E-state index >= 15 is 0 Å². The second kappa shape index (κ2) is 2.82. The van der Waals surface area contributed by atoms with Gasteiger partial charge in [0.05, 0.1) is 17.6 Å². The molecule has 72 valence electrons. The van der Waals surface area contributed by atoms with Gasteiger partial charge in [-0.15, -0.1) is 11.6 Å². The van der Waals surface area contributed by atoms with Crippen LogP contribution in [0.5, 0.6) is 0 Å². The van der Waals surface area contributed by atoms with E-state index in [4.69, 9.17) is 16.3 Å². The smallest absolute Gasteiger partial charge is 0.162 e. The predicted octanol–water partition coefficient (Wildman–Crippen LogP) is 1.92. The molecular weight excluding hydrogens is 188 g/mol. The molecule has 1 saturated heterocycles. The fraction of sp³-hybridized carbons (Fsp3) is 0.700. The Balaban J connectivity index is 2.37. The summed E-state index contributed by atoms with van der Waals surface area (Å²) < 4.78 is 5.62. The molecule has 0 amide bonds. The third-order valence-corrected chi connectivity index (χ3v) is 3.69. The minimum atomic E-state index is -0.500. The highest BCUT2D eigenvalue weighted by Crippen LogP contribution is 2.42. The summed E-state index contributed by atoms with van der Waals surface area (Å²) in [6, 6.07) is 0. The number of hydrogen-bond acceptors (Lipinski definition) is 2. The summed E-state index contributed by atoms with van der Waals surface area (Å²) in [4.78, 5) is 11.9. The van der Waals surface area contributed by atoms with Crippen LogP contribution < -0.4 is 0 Å². The van der Waals surface area contributed by atoms with Gasteiger partial charge in [-0.2, -0.15) is 0 Å². The summed E-state index contributed by atoms with van der Waals surface area (Å²) >= 11 is 6.00. The summed E-state index contributed by atoms with van der Waals surface area (Å²) in [5.41, 5.74) is -0.421. The Morgan fingerprint density at radius 1 is 1.62 bits per heavy atom. The lowest BCUT2D eigenvalue weighted by Crippen LogP contribution is -2.51. The third kappa shape index (κ3) is 1.09. The van der Waals surface area contributed by atoms with Crippen LogP contribution >= 0.6 is 11.6 Å². The average molecular weight is 201 g/mol. The van der Waals surface area contributed by atoms with Gasteiger partial charge in [-0.25, -0.2) is 0 Å². The van der Waals surface area contributed by atoms with Gasteiger partial charge in [-0.1, -0.05) is 19.1 Å². The first-order valence-corrected chi connectivity index (χ1v) is 5.05. The van der Waals surface area contributed by atoms with Gasteiger partial charge in [0, 0.05) is 0 Å². The lowest BCUT2D eigenvalue weighted by molar-refractivity contribution is -0.146. The van der Waals surface area contributed by atoms with Gasteiger partial charge in [-0.3, -0.25) is 4.79 Å². The van der Waals surface area contributed by atoms with E-state index in [2.05, 4.69) is 0 Å². The minimum absolute atomic E-state index is 0.0648. The number of carbonyl (C=O) groups is 1. The van der Waals surface area contributed by atoms with E-state index < -0.39 is 10.8 Å². The van der Waals surface area contributed by atoms with Crippen molar-refractivity contribution in [3.8, 4) is 0 Å². The summed E-state index contributed by atoms with van der Waals surface area (Å²) in [6.45, 7) is 3.93. The molecule has 0 radical (unpaired) electrons. The fourth-order valence-corrected chi connectivity index (χ4v) is 2.37. The van der Waals surface area contributed by atoms with Crippen LogP contribution in [0.25, 0.3) is 0 Å². The van der Waals surface area contributed by atoms with Gasteiger partial charge < -0.3 is 4.74 Å². The number of rotatable bonds is 1. The highest BCUT2D eigenvalue weighted by molar-refractivity contribution is 6.33. The van der Waals surface area contributed by atoms with Gasteiger partial charge >= 0.3 is 0 Å². The zero-order valence-corrected chi connectivity index (χ0v) is 8.54. The van der Waals surface area contributed by atoms with E-state index in [0.717, 1.165) is 6.42 Å². The van der Waals surface area contributed by atoms with Crippen molar-refractivity contribution in [1.82, 2.24) is 0 Å². The molecule has 0 spiro atoms. The molecule has 1 fully saturated rings. The van der Waals surface area contributed by atoms with Crippen LogP contribution in [0.2, 0.25) is 0 Å². The lowest BCUT2D eigenvalue weighted by atomic mass is 9.75. The zero-order chi connectivity index (χ0) is 9.64. The molecular formula is C10H13ClO2.